The summed E-state index contributed by atoms with van der Waals surface area (Å²) in [6.45, 7) is 8.74. The number of β-amino-alcohol motifs (C(OH)–C–C–N with tert-alkyl or cyclic N) is 1. The van der Waals surface area contributed by atoms with E-state index in [1.54, 1.807) is 6.20 Å². The Morgan fingerprint density at radius 1 is 1.41 bits per heavy atom. The minimum Gasteiger partial charge on any atom is -0.372 e. The van der Waals surface area contributed by atoms with Crippen molar-refractivity contribution in [3.63, 3.8) is 0 Å². The maximum Gasteiger partial charge on any atom is 0.153 e. The number of fused-ring (bicyclic) bond motifs is 1. The van der Waals surface area contributed by atoms with Crippen LogP contribution >= 0.6 is 0 Å². The minimum absolute atomic E-state index is 0.222. The van der Waals surface area contributed by atoms with Gasteiger partial charge in [-0.1, -0.05) is 13.8 Å². The first-order valence-corrected chi connectivity index (χ1v) is 6.08. The van der Waals surface area contributed by atoms with Crippen LogP contribution < -0.4 is 10.2 Å². The topological polar surface area (TPSA) is 61.3 Å². The van der Waals surface area contributed by atoms with Gasteiger partial charge in [-0.25, -0.2) is 9.97 Å². The zero-order chi connectivity index (χ0) is 12.6. The van der Waals surface area contributed by atoms with Crippen molar-refractivity contribution in [1.29, 1.82) is 0 Å². The molecule has 0 radical (unpaired) electrons. The largest absolute Gasteiger partial charge is 0.372 e. The molecule has 2 heterocycles. The van der Waals surface area contributed by atoms with E-state index in [4.69, 9.17) is 0 Å². The van der Waals surface area contributed by atoms with Gasteiger partial charge < -0.3 is 15.3 Å². The zero-order valence-electron chi connectivity index (χ0n) is 10.8. The van der Waals surface area contributed by atoms with Gasteiger partial charge in [-0.05, 0) is 13.8 Å². The Bertz CT molecular complexity index is 405. The number of nitrogens with one attached hydrogen (secondary N) is 1. The highest BCUT2D eigenvalue weighted by atomic mass is 16.3. The number of hydrogen-bond donors (Lipinski definition) is 2. The van der Waals surface area contributed by atoms with Gasteiger partial charge in [-0.2, -0.15) is 0 Å². The van der Waals surface area contributed by atoms with Crippen LogP contribution in [0.15, 0.2) is 6.20 Å². The van der Waals surface area contributed by atoms with E-state index in [-0.39, 0.29) is 6.04 Å². The second kappa shape index (κ2) is 4.49. The number of hydrogen-bond acceptors (Lipinski definition) is 5. The van der Waals surface area contributed by atoms with Crippen LogP contribution in [0, 0.1) is 0 Å². The highest BCUT2D eigenvalue weighted by Gasteiger charge is 2.28. The second-order valence-corrected chi connectivity index (χ2v) is 4.98. The monoisotopic (exact) mass is 236 g/mol. The van der Waals surface area contributed by atoms with E-state index in [0.29, 0.717) is 12.5 Å². The Morgan fingerprint density at radius 2 is 2.12 bits per heavy atom. The van der Waals surface area contributed by atoms with Crippen LogP contribution in [0.4, 0.5) is 11.5 Å². The predicted octanol–water partition coefficient (Wildman–Crippen LogP) is 1.56. The molecule has 1 atom stereocenters. The first kappa shape index (κ1) is 12.1. The molecule has 1 aliphatic rings. The predicted molar refractivity (Wildman–Crippen MR) is 68.2 cm³/mol. The lowest BCUT2D eigenvalue weighted by molar-refractivity contribution is 0.170. The molecular weight excluding hydrogens is 216 g/mol. The summed E-state index contributed by atoms with van der Waals surface area (Å²) in [5, 5.41) is 13.1. The molecule has 0 bridgehead atoms. The van der Waals surface area contributed by atoms with Gasteiger partial charge in [0.05, 0.1) is 12.7 Å². The third-order valence-corrected chi connectivity index (χ3v) is 2.91. The molecule has 0 amide bonds. The molecule has 5 heteroatoms. The smallest absolute Gasteiger partial charge is 0.153 e. The van der Waals surface area contributed by atoms with Crippen molar-refractivity contribution in [2.75, 3.05) is 16.8 Å². The number of aliphatic hydroxyl groups excluding tert-OH is 1. The maximum atomic E-state index is 9.97. The van der Waals surface area contributed by atoms with Gasteiger partial charge in [0, 0.05) is 12.0 Å². The van der Waals surface area contributed by atoms with E-state index in [1.807, 2.05) is 4.90 Å². The van der Waals surface area contributed by atoms with Gasteiger partial charge >= 0.3 is 0 Å². The van der Waals surface area contributed by atoms with Crippen LogP contribution in [0.3, 0.4) is 0 Å². The fraction of sp³-hybridized carbons (Fsp3) is 0.667. The molecule has 1 aromatic rings. The molecule has 1 aromatic heterocycles. The standard InChI is InChI=1S/C12H20N4O/c1-7(2)11-13-5-9-12(15-11)14-6-10(17)16(9)8(3)4/h5,7-8,10,17H,6H2,1-4H3,(H,13,14,15). The Hall–Kier alpha value is -1.36. The van der Waals surface area contributed by atoms with Crippen LogP contribution in [0.1, 0.15) is 39.4 Å². The number of aliphatic hydroxyl groups is 1. The number of rotatable bonds is 2. The minimum atomic E-state index is -0.518. The van der Waals surface area contributed by atoms with E-state index >= 15 is 0 Å². The SMILES string of the molecule is CC(C)c1ncc2c(n1)NCC(O)N2C(C)C. The molecule has 0 spiro atoms. The second-order valence-electron chi connectivity index (χ2n) is 4.98. The molecule has 0 saturated heterocycles. The molecule has 5 nitrogen and oxygen atoms in total. The van der Waals surface area contributed by atoms with E-state index in [2.05, 4.69) is 43.0 Å². The van der Waals surface area contributed by atoms with Gasteiger partial charge in [0.1, 0.15) is 17.7 Å². The average Bonchev–Trinajstić information content (AvgIpc) is 2.27. The fourth-order valence-electron chi connectivity index (χ4n) is 2.06. The van der Waals surface area contributed by atoms with Gasteiger partial charge in [0.25, 0.3) is 0 Å². The van der Waals surface area contributed by atoms with Gasteiger partial charge in [-0.3, -0.25) is 0 Å². The summed E-state index contributed by atoms with van der Waals surface area (Å²) in [7, 11) is 0. The van der Waals surface area contributed by atoms with Gasteiger partial charge in [0.15, 0.2) is 5.82 Å². The van der Waals surface area contributed by atoms with E-state index in [1.165, 1.54) is 0 Å². The molecule has 0 aliphatic carbocycles. The van der Waals surface area contributed by atoms with Crippen LogP contribution in [-0.4, -0.2) is 33.9 Å². The molecule has 1 aliphatic heterocycles. The Morgan fingerprint density at radius 3 is 2.71 bits per heavy atom. The van der Waals surface area contributed by atoms with E-state index in [9.17, 15) is 5.11 Å². The van der Waals surface area contributed by atoms with Crippen molar-refractivity contribution in [1.82, 2.24) is 9.97 Å². The van der Waals surface area contributed by atoms with Crippen molar-refractivity contribution in [2.24, 2.45) is 0 Å². The lowest BCUT2D eigenvalue weighted by atomic mass is 10.2. The summed E-state index contributed by atoms with van der Waals surface area (Å²) in [4.78, 5) is 10.8. The Balaban J connectivity index is 2.41. The summed E-state index contributed by atoms with van der Waals surface area (Å²) >= 11 is 0. The number of anilines is 2. The van der Waals surface area contributed by atoms with E-state index < -0.39 is 6.23 Å². The molecule has 0 aromatic carbocycles. The summed E-state index contributed by atoms with van der Waals surface area (Å²) in [6.07, 6.45) is 1.28. The molecular formula is C12H20N4O. The van der Waals surface area contributed by atoms with Crippen LogP contribution in [0.2, 0.25) is 0 Å². The molecule has 94 valence electrons. The van der Waals surface area contributed by atoms with Crippen LogP contribution in [-0.2, 0) is 0 Å². The zero-order valence-corrected chi connectivity index (χ0v) is 10.8. The molecule has 0 fully saturated rings. The van der Waals surface area contributed by atoms with Gasteiger partial charge in [0.2, 0.25) is 0 Å². The summed E-state index contributed by atoms with van der Waals surface area (Å²) in [5.41, 5.74) is 0.878. The molecule has 17 heavy (non-hydrogen) atoms. The Labute approximate surface area is 102 Å². The molecule has 2 N–H and O–H groups in total. The molecule has 2 rings (SSSR count). The average molecular weight is 236 g/mol. The quantitative estimate of drug-likeness (QED) is 0.816. The fourth-order valence-corrected chi connectivity index (χ4v) is 2.06. The summed E-state index contributed by atoms with van der Waals surface area (Å²) in [6, 6.07) is 0.222. The van der Waals surface area contributed by atoms with Gasteiger partial charge in [-0.15, -0.1) is 0 Å². The number of aromatic nitrogens is 2. The molecule has 0 saturated carbocycles. The lowest BCUT2D eigenvalue weighted by Crippen LogP contribution is -2.48. The summed E-state index contributed by atoms with van der Waals surface area (Å²) in [5.74, 6) is 1.96. The normalized spacial score (nSPS) is 19.5. The van der Waals surface area contributed by atoms with Crippen molar-refractivity contribution in [3.05, 3.63) is 12.0 Å². The third-order valence-electron chi connectivity index (χ3n) is 2.91. The first-order chi connectivity index (χ1) is 8.00. The number of nitrogens with zero attached hydrogens (tertiary/aromatic N) is 3. The molecule has 1 unspecified atom stereocenters. The van der Waals surface area contributed by atoms with Crippen LogP contribution in [0.25, 0.3) is 0 Å². The Kier molecular flexibility index (Phi) is 3.19. The maximum absolute atomic E-state index is 9.97. The summed E-state index contributed by atoms with van der Waals surface area (Å²) < 4.78 is 0. The van der Waals surface area contributed by atoms with Crippen molar-refractivity contribution >= 4 is 11.5 Å². The van der Waals surface area contributed by atoms with Crippen LogP contribution in [0.5, 0.6) is 0 Å². The highest BCUT2D eigenvalue weighted by molar-refractivity contribution is 5.68. The van der Waals surface area contributed by atoms with E-state index in [0.717, 1.165) is 17.3 Å². The third kappa shape index (κ3) is 2.20. The van der Waals surface area contributed by atoms with Crippen molar-refractivity contribution in [3.8, 4) is 0 Å². The lowest BCUT2D eigenvalue weighted by Gasteiger charge is -2.38. The van der Waals surface area contributed by atoms with Crippen molar-refractivity contribution < 1.29 is 5.11 Å². The first-order valence-electron chi connectivity index (χ1n) is 6.08. The van der Waals surface area contributed by atoms with Crippen molar-refractivity contribution in [2.45, 2.75) is 45.9 Å². The highest BCUT2D eigenvalue weighted by Crippen LogP contribution is 2.30.